The Balaban J connectivity index is 2.19. The first-order valence-corrected chi connectivity index (χ1v) is 9.43. The van der Waals surface area contributed by atoms with Crippen LogP contribution in [0.5, 0.6) is 0 Å². The van der Waals surface area contributed by atoms with Crippen molar-refractivity contribution in [2.45, 2.75) is 20.8 Å². The van der Waals surface area contributed by atoms with Crippen molar-refractivity contribution in [3.8, 4) is 0 Å². The fraction of sp³-hybridized carbons (Fsp3) is 0.273. The van der Waals surface area contributed by atoms with Gasteiger partial charge in [0.1, 0.15) is 5.70 Å². The van der Waals surface area contributed by atoms with E-state index in [2.05, 4.69) is 0 Å². The Morgan fingerprint density at radius 1 is 1.04 bits per heavy atom. The summed E-state index contributed by atoms with van der Waals surface area (Å²) in [6.07, 6.45) is 0. The molecule has 0 bridgehead atoms. The van der Waals surface area contributed by atoms with Crippen LogP contribution < -0.4 is 4.90 Å². The highest BCUT2D eigenvalue weighted by atomic mass is 35.5. The fourth-order valence-corrected chi connectivity index (χ4v) is 3.52. The molecular weight excluding hydrogens is 376 g/mol. The number of aliphatic hydroxyl groups is 1. The number of halogens is 1. The van der Waals surface area contributed by atoms with E-state index in [1.807, 2.05) is 32.0 Å². The summed E-state index contributed by atoms with van der Waals surface area (Å²) >= 11 is 6.22. The van der Waals surface area contributed by atoms with Crippen LogP contribution in [0.4, 0.5) is 5.69 Å². The van der Waals surface area contributed by atoms with Crippen molar-refractivity contribution in [3.05, 3.63) is 69.4 Å². The molecule has 0 aliphatic carbocycles. The number of hydrogen-bond acceptors (Lipinski definition) is 4. The normalized spacial score (nSPS) is 14.3. The predicted octanol–water partition coefficient (Wildman–Crippen LogP) is 3.47. The molecule has 6 heteroatoms. The van der Waals surface area contributed by atoms with Gasteiger partial charge < -0.3 is 10.0 Å². The molecule has 1 aliphatic rings. The number of rotatable bonds is 5. The summed E-state index contributed by atoms with van der Waals surface area (Å²) in [4.78, 5) is 29.5. The summed E-state index contributed by atoms with van der Waals surface area (Å²) in [5.41, 5.74) is 4.57. The van der Waals surface area contributed by atoms with Crippen molar-refractivity contribution in [2.24, 2.45) is 0 Å². The van der Waals surface area contributed by atoms with Gasteiger partial charge in [0.2, 0.25) is 0 Å². The van der Waals surface area contributed by atoms with Gasteiger partial charge in [-0.2, -0.15) is 0 Å². The van der Waals surface area contributed by atoms with Gasteiger partial charge >= 0.3 is 0 Å². The molecule has 0 saturated carbocycles. The first-order valence-electron chi connectivity index (χ1n) is 9.05. The van der Waals surface area contributed by atoms with Gasteiger partial charge in [-0.05, 0) is 55.2 Å². The van der Waals surface area contributed by atoms with Crippen LogP contribution >= 0.6 is 11.6 Å². The van der Waals surface area contributed by atoms with Gasteiger partial charge in [0, 0.05) is 18.6 Å². The third-order valence-corrected chi connectivity index (χ3v) is 5.56. The summed E-state index contributed by atoms with van der Waals surface area (Å²) < 4.78 is 0. The number of aliphatic hydroxyl groups excluding tert-OH is 1. The maximum absolute atomic E-state index is 13.4. The molecule has 2 amide bonds. The minimum atomic E-state index is -0.417. The van der Waals surface area contributed by atoms with Gasteiger partial charge in [0.15, 0.2) is 0 Å². The third-order valence-electron chi connectivity index (χ3n) is 5.15. The predicted molar refractivity (Wildman–Crippen MR) is 111 cm³/mol. The molecule has 0 radical (unpaired) electrons. The maximum atomic E-state index is 13.4. The standard InChI is InChI=1S/C22H23ClN2O3/c1-13-8-9-16(12-14(13)2)19-20(24(4)10-11-26)22(28)25(21(19)27)18-7-5-6-17(23)15(18)3/h5-9,12,26H,10-11H2,1-4H3. The van der Waals surface area contributed by atoms with Crippen molar-refractivity contribution < 1.29 is 14.7 Å². The van der Waals surface area contributed by atoms with Gasteiger partial charge in [-0.3, -0.25) is 9.59 Å². The molecule has 0 aromatic heterocycles. The lowest BCUT2D eigenvalue weighted by molar-refractivity contribution is -0.120. The quantitative estimate of drug-likeness (QED) is 0.783. The molecule has 2 aromatic carbocycles. The zero-order chi connectivity index (χ0) is 20.6. The Morgan fingerprint density at radius 3 is 2.39 bits per heavy atom. The van der Waals surface area contributed by atoms with Crippen molar-refractivity contribution in [1.82, 2.24) is 4.90 Å². The van der Waals surface area contributed by atoms with Crippen LogP contribution in [0.3, 0.4) is 0 Å². The van der Waals surface area contributed by atoms with E-state index in [1.165, 1.54) is 4.90 Å². The summed E-state index contributed by atoms with van der Waals surface area (Å²) in [7, 11) is 1.70. The smallest absolute Gasteiger partial charge is 0.282 e. The number of amides is 2. The fourth-order valence-electron chi connectivity index (χ4n) is 3.35. The maximum Gasteiger partial charge on any atom is 0.282 e. The van der Waals surface area contributed by atoms with E-state index in [9.17, 15) is 14.7 Å². The van der Waals surface area contributed by atoms with Gasteiger partial charge in [0.05, 0.1) is 17.9 Å². The highest BCUT2D eigenvalue weighted by molar-refractivity contribution is 6.46. The molecule has 28 heavy (non-hydrogen) atoms. The molecule has 1 aliphatic heterocycles. The molecule has 146 valence electrons. The van der Waals surface area contributed by atoms with Crippen LogP contribution in [0.1, 0.15) is 22.3 Å². The van der Waals surface area contributed by atoms with Crippen molar-refractivity contribution in [3.63, 3.8) is 0 Å². The lowest BCUT2D eigenvalue weighted by atomic mass is 9.99. The molecular formula is C22H23ClN2O3. The van der Waals surface area contributed by atoms with E-state index in [1.54, 1.807) is 37.1 Å². The zero-order valence-electron chi connectivity index (χ0n) is 16.4. The second-order valence-corrected chi connectivity index (χ2v) is 7.40. The summed E-state index contributed by atoms with van der Waals surface area (Å²) in [6, 6.07) is 10.9. The summed E-state index contributed by atoms with van der Waals surface area (Å²) in [5, 5.41) is 9.85. The molecule has 3 rings (SSSR count). The van der Waals surface area contributed by atoms with Gasteiger partial charge in [0.25, 0.3) is 11.8 Å². The molecule has 1 N–H and O–H groups in total. The van der Waals surface area contributed by atoms with E-state index < -0.39 is 11.8 Å². The highest BCUT2D eigenvalue weighted by Crippen LogP contribution is 2.37. The van der Waals surface area contributed by atoms with Gasteiger partial charge in [-0.1, -0.05) is 35.9 Å². The summed E-state index contributed by atoms with van der Waals surface area (Å²) in [5.74, 6) is -0.807. The van der Waals surface area contributed by atoms with Gasteiger partial charge in [-0.25, -0.2) is 4.90 Å². The van der Waals surface area contributed by atoms with Crippen LogP contribution in [0.15, 0.2) is 42.1 Å². The Morgan fingerprint density at radius 2 is 1.75 bits per heavy atom. The highest BCUT2D eigenvalue weighted by Gasteiger charge is 2.42. The lowest BCUT2D eigenvalue weighted by Crippen LogP contribution is -2.35. The first-order chi connectivity index (χ1) is 13.3. The molecule has 0 fully saturated rings. The number of aryl methyl sites for hydroxylation is 2. The number of benzene rings is 2. The number of nitrogens with zero attached hydrogens (tertiary/aromatic N) is 2. The molecule has 0 spiro atoms. The third kappa shape index (κ3) is 3.32. The minimum Gasteiger partial charge on any atom is -0.395 e. The Hall–Kier alpha value is -2.63. The molecule has 2 aromatic rings. The van der Waals surface area contributed by atoms with Crippen molar-refractivity contribution in [2.75, 3.05) is 25.1 Å². The Kier molecular flexibility index (Phi) is 5.59. The number of hydrogen-bond donors (Lipinski definition) is 1. The van der Waals surface area contributed by atoms with E-state index in [4.69, 9.17) is 11.6 Å². The van der Waals surface area contributed by atoms with E-state index in [-0.39, 0.29) is 18.8 Å². The lowest BCUT2D eigenvalue weighted by Gasteiger charge is -2.21. The van der Waals surface area contributed by atoms with E-state index in [0.717, 1.165) is 11.1 Å². The van der Waals surface area contributed by atoms with Crippen LogP contribution in [0.2, 0.25) is 5.02 Å². The van der Waals surface area contributed by atoms with Crippen molar-refractivity contribution >= 4 is 34.7 Å². The number of carbonyl (C=O) groups excluding carboxylic acids is 2. The number of likely N-dealkylation sites (N-methyl/N-ethyl adjacent to an activating group) is 1. The van der Waals surface area contributed by atoms with Crippen molar-refractivity contribution in [1.29, 1.82) is 0 Å². The van der Waals surface area contributed by atoms with Gasteiger partial charge in [-0.15, -0.1) is 0 Å². The monoisotopic (exact) mass is 398 g/mol. The second-order valence-electron chi connectivity index (χ2n) is 7.00. The average molecular weight is 399 g/mol. The molecule has 0 saturated heterocycles. The Labute approximate surface area is 169 Å². The van der Waals surface area contributed by atoms with Crippen LogP contribution in [0, 0.1) is 20.8 Å². The summed E-state index contributed by atoms with van der Waals surface area (Å²) in [6.45, 7) is 5.86. The zero-order valence-corrected chi connectivity index (χ0v) is 17.2. The second kappa shape index (κ2) is 7.78. The molecule has 1 heterocycles. The molecule has 0 unspecified atom stereocenters. The average Bonchev–Trinajstić information content (AvgIpc) is 2.91. The molecule has 0 atom stereocenters. The topological polar surface area (TPSA) is 60.9 Å². The number of imide groups is 1. The number of carbonyl (C=O) groups is 2. The number of anilines is 1. The SMILES string of the molecule is Cc1ccc(C2=C(N(C)CCO)C(=O)N(c3cccc(Cl)c3C)C2=O)cc1C. The first kappa shape index (κ1) is 20.1. The van der Waals surface area contributed by atoms with E-state index >= 15 is 0 Å². The van der Waals surface area contributed by atoms with Crippen LogP contribution in [-0.4, -0.2) is 42.0 Å². The van der Waals surface area contributed by atoms with Crippen LogP contribution in [-0.2, 0) is 9.59 Å². The van der Waals surface area contributed by atoms with Crippen LogP contribution in [0.25, 0.3) is 5.57 Å². The largest absolute Gasteiger partial charge is 0.395 e. The molecule has 5 nitrogen and oxygen atoms in total. The van der Waals surface area contributed by atoms with E-state index in [0.29, 0.717) is 27.4 Å². The Bertz CT molecular complexity index is 997. The minimum absolute atomic E-state index is 0.127.